The lowest BCUT2D eigenvalue weighted by molar-refractivity contribution is 0.0952. The number of hydrogen-bond donors (Lipinski definition) is 1. The van der Waals surface area contributed by atoms with Gasteiger partial charge < -0.3 is 10.2 Å². The summed E-state index contributed by atoms with van der Waals surface area (Å²) in [6, 6.07) is 6.35. The van der Waals surface area contributed by atoms with Crippen LogP contribution in [-0.4, -0.2) is 46.5 Å². The summed E-state index contributed by atoms with van der Waals surface area (Å²) in [7, 11) is 0. The second-order valence-corrected chi connectivity index (χ2v) is 9.48. The van der Waals surface area contributed by atoms with Gasteiger partial charge in [0.15, 0.2) is 0 Å². The molecule has 1 aliphatic carbocycles. The predicted molar refractivity (Wildman–Crippen MR) is 121 cm³/mol. The topological polar surface area (TPSA) is 58.1 Å². The summed E-state index contributed by atoms with van der Waals surface area (Å²) < 4.78 is 1.06. The normalized spacial score (nSPS) is 16.3. The zero-order chi connectivity index (χ0) is 20.1. The molecule has 0 radical (unpaired) electrons. The summed E-state index contributed by atoms with van der Waals surface area (Å²) >= 11 is 3.38. The van der Waals surface area contributed by atoms with Crippen molar-refractivity contribution in [2.24, 2.45) is 0 Å². The van der Waals surface area contributed by atoms with Gasteiger partial charge in [0.1, 0.15) is 0 Å². The minimum atomic E-state index is 0.00993. The van der Waals surface area contributed by atoms with E-state index in [1.54, 1.807) is 11.3 Å². The van der Waals surface area contributed by atoms with Gasteiger partial charge in [-0.15, -0.1) is 22.7 Å². The number of hydrogen-bond acceptors (Lipinski definition) is 6. The number of aryl methyl sites for hydroxylation is 1. The molecule has 0 fully saturated rings. The Labute approximate surface area is 180 Å². The summed E-state index contributed by atoms with van der Waals surface area (Å²) in [5, 5.41) is 3.07. The van der Waals surface area contributed by atoms with Crippen LogP contribution in [0.5, 0.6) is 0 Å². The number of aromatic nitrogens is 2. The van der Waals surface area contributed by atoms with Crippen LogP contribution in [0.3, 0.4) is 0 Å². The summed E-state index contributed by atoms with van der Waals surface area (Å²) in [6.45, 7) is 5.24. The highest BCUT2D eigenvalue weighted by molar-refractivity contribution is 7.16. The molecule has 2 aromatic heterocycles. The first-order chi connectivity index (χ1) is 14.2. The van der Waals surface area contributed by atoms with Crippen LogP contribution in [0.4, 0.5) is 0 Å². The Morgan fingerprint density at radius 3 is 3.00 bits per heavy atom. The van der Waals surface area contributed by atoms with Gasteiger partial charge in [-0.3, -0.25) is 4.79 Å². The maximum Gasteiger partial charge on any atom is 0.251 e. The fraction of sp³-hybridized carbons (Fsp3) is 0.500. The molecule has 1 aliphatic rings. The van der Waals surface area contributed by atoms with Crippen LogP contribution in [0, 0.1) is 0 Å². The van der Waals surface area contributed by atoms with Gasteiger partial charge in [-0.1, -0.05) is 6.92 Å². The maximum atomic E-state index is 12.4. The number of carbonyl (C=O) groups excluding carboxylic acids is 1. The van der Waals surface area contributed by atoms with Crippen LogP contribution in [-0.2, 0) is 12.8 Å². The average molecular weight is 429 g/mol. The highest BCUT2D eigenvalue weighted by atomic mass is 32.1. The average Bonchev–Trinajstić information content (AvgIpc) is 3.40. The van der Waals surface area contributed by atoms with Crippen LogP contribution in [0.2, 0.25) is 0 Å². The third-order valence-electron chi connectivity index (χ3n) is 5.64. The van der Waals surface area contributed by atoms with Gasteiger partial charge in [-0.05, 0) is 69.8 Å². The third-order valence-corrected chi connectivity index (χ3v) is 7.33. The number of rotatable bonds is 9. The van der Waals surface area contributed by atoms with E-state index in [-0.39, 0.29) is 5.91 Å². The van der Waals surface area contributed by atoms with E-state index in [1.807, 2.05) is 40.6 Å². The van der Waals surface area contributed by atoms with E-state index in [9.17, 15) is 4.79 Å². The number of nitrogens with zero attached hydrogens (tertiary/aromatic N) is 3. The molecule has 1 N–H and O–H groups in total. The number of carbonyl (C=O) groups is 1. The van der Waals surface area contributed by atoms with Crippen LogP contribution in [0.1, 0.15) is 53.5 Å². The number of unbranched alkanes of at least 4 members (excludes halogenated alkanes) is 1. The predicted octanol–water partition coefficient (Wildman–Crippen LogP) is 4.53. The molecule has 4 rings (SSSR count). The van der Waals surface area contributed by atoms with Crippen molar-refractivity contribution >= 4 is 38.8 Å². The summed E-state index contributed by atoms with van der Waals surface area (Å²) in [4.78, 5) is 25.3. The van der Waals surface area contributed by atoms with Crippen LogP contribution in [0.25, 0.3) is 10.2 Å². The Balaban J connectivity index is 1.21. The fourth-order valence-corrected chi connectivity index (χ4v) is 5.70. The third kappa shape index (κ3) is 5.02. The maximum absolute atomic E-state index is 12.4. The number of nitrogens with one attached hydrogen (secondary N) is 1. The van der Waals surface area contributed by atoms with E-state index < -0.39 is 0 Å². The number of amides is 1. The fourth-order valence-electron chi connectivity index (χ4n) is 4.10. The number of benzene rings is 1. The van der Waals surface area contributed by atoms with Crippen LogP contribution >= 0.6 is 22.7 Å². The largest absolute Gasteiger partial charge is 0.352 e. The van der Waals surface area contributed by atoms with Crippen molar-refractivity contribution in [1.82, 2.24) is 20.2 Å². The molecule has 5 nitrogen and oxygen atoms in total. The molecule has 1 atom stereocenters. The van der Waals surface area contributed by atoms with Crippen LogP contribution < -0.4 is 5.32 Å². The van der Waals surface area contributed by atoms with Gasteiger partial charge in [0.2, 0.25) is 0 Å². The monoisotopic (exact) mass is 428 g/mol. The zero-order valence-electron chi connectivity index (χ0n) is 16.9. The smallest absolute Gasteiger partial charge is 0.251 e. The molecule has 0 spiro atoms. The molecule has 1 aromatic carbocycles. The van der Waals surface area contributed by atoms with E-state index in [2.05, 4.69) is 27.1 Å². The van der Waals surface area contributed by atoms with Crippen molar-refractivity contribution in [2.75, 3.05) is 19.6 Å². The Kier molecular flexibility index (Phi) is 6.90. The van der Waals surface area contributed by atoms with Gasteiger partial charge in [0, 0.05) is 23.0 Å². The van der Waals surface area contributed by atoms with Crippen molar-refractivity contribution in [3.63, 3.8) is 0 Å². The van der Waals surface area contributed by atoms with E-state index in [1.165, 1.54) is 23.4 Å². The molecule has 0 saturated carbocycles. The van der Waals surface area contributed by atoms with Gasteiger partial charge in [-0.2, -0.15) is 0 Å². The summed E-state index contributed by atoms with van der Waals surface area (Å²) in [5.41, 5.74) is 6.80. The van der Waals surface area contributed by atoms with Gasteiger partial charge >= 0.3 is 0 Å². The molecule has 7 heteroatoms. The lowest BCUT2D eigenvalue weighted by atomic mass is 9.96. The first-order valence-corrected chi connectivity index (χ1v) is 12.3. The summed E-state index contributed by atoms with van der Waals surface area (Å²) in [5.74, 6) is 0.00993. The molecule has 0 aliphatic heterocycles. The van der Waals surface area contributed by atoms with E-state index in [0.29, 0.717) is 6.04 Å². The van der Waals surface area contributed by atoms with Crippen molar-refractivity contribution in [3.05, 3.63) is 45.4 Å². The highest BCUT2D eigenvalue weighted by Gasteiger charge is 2.25. The Bertz CT molecular complexity index is 951. The minimum Gasteiger partial charge on any atom is -0.352 e. The van der Waals surface area contributed by atoms with E-state index in [4.69, 9.17) is 0 Å². The Morgan fingerprint density at radius 1 is 1.21 bits per heavy atom. The molecular formula is C22H28N4OS2. The lowest BCUT2D eigenvalue weighted by Crippen LogP contribution is -2.40. The van der Waals surface area contributed by atoms with Crippen molar-refractivity contribution in [2.45, 2.75) is 51.5 Å². The molecule has 1 unspecified atom stereocenters. The van der Waals surface area contributed by atoms with Crippen molar-refractivity contribution in [3.8, 4) is 0 Å². The van der Waals surface area contributed by atoms with E-state index >= 15 is 0 Å². The SMILES string of the molecule is CCCN(CCCCNC(=O)c1ccc2ncsc2c1)C1CCc2ncsc2C1. The zero-order valence-corrected chi connectivity index (χ0v) is 18.5. The Morgan fingerprint density at radius 2 is 2.10 bits per heavy atom. The highest BCUT2D eigenvalue weighted by Crippen LogP contribution is 2.27. The number of thiazole rings is 2. The van der Waals surface area contributed by atoms with Crippen molar-refractivity contribution < 1.29 is 4.79 Å². The molecular weight excluding hydrogens is 400 g/mol. The van der Waals surface area contributed by atoms with Gasteiger partial charge in [0.05, 0.1) is 26.9 Å². The molecule has 1 amide bonds. The molecule has 154 valence electrons. The Hall–Kier alpha value is -1.83. The lowest BCUT2D eigenvalue weighted by Gasteiger charge is -2.33. The van der Waals surface area contributed by atoms with Crippen molar-refractivity contribution in [1.29, 1.82) is 0 Å². The van der Waals surface area contributed by atoms with Gasteiger partial charge in [0.25, 0.3) is 5.91 Å². The molecule has 29 heavy (non-hydrogen) atoms. The first kappa shape index (κ1) is 20.4. The molecule has 0 bridgehead atoms. The second kappa shape index (κ2) is 9.78. The van der Waals surface area contributed by atoms with Gasteiger partial charge in [-0.25, -0.2) is 9.97 Å². The quantitative estimate of drug-likeness (QED) is 0.509. The van der Waals surface area contributed by atoms with Crippen LogP contribution in [0.15, 0.2) is 29.2 Å². The minimum absolute atomic E-state index is 0.00993. The molecule has 0 saturated heterocycles. The van der Waals surface area contributed by atoms with E-state index in [0.717, 1.165) is 61.1 Å². The standard InChI is InChI=1S/C22H28N4OS2/c1-2-10-26(17-6-8-19-21(13-17)29-15-25-19)11-4-3-9-23-22(27)16-5-7-18-20(12-16)28-14-24-18/h5,7,12,14-15,17H,2-4,6,8-11,13H2,1H3,(H,23,27). The number of fused-ring (bicyclic) bond motifs is 2. The summed E-state index contributed by atoms with van der Waals surface area (Å²) in [6.07, 6.45) is 6.78. The first-order valence-electron chi connectivity index (χ1n) is 10.5. The molecule has 2 heterocycles. The second-order valence-electron chi connectivity index (χ2n) is 7.65. The molecule has 3 aromatic rings.